The van der Waals surface area contributed by atoms with Gasteiger partial charge in [-0.05, 0) is 26.9 Å². The van der Waals surface area contributed by atoms with E-state index in [2.05, 4.69) is 29.2 Å². The van der Waals surface area contributed by atoms with Gasteiger partial charge in [-0.25, -0.2) is 0 Å². The first-order valence-electron chi connectivity index (χ1n) is 8.01. The van der Waals surface area contributed by atoms with Gasteiger partial charge in [0.25, 0.3) is 0 Å². The van der Waals surface area contributed by atoms with Gasteiger partial charge >= 0.3 is 0 Å². The van der Waals surface area contributed by atoms with E-state index in [4.69, 9.17) is 9.47 Å². The summed E-state index contributed by atoms with van der Waals surface area (Å²) in [6.07, 6.45) is 3.31. The van der Waals surface area contributed by atoms with Crippen molar-refractivity contribution >= 4 is 0 Å². The van der Waals surface area contributed by atoms with Gasteiger partial charge in [-0.1, -0.05) is 0 Å². The fourth-order valence-electron chi connectivity index (χ4n) is 3.69. The Labute approximate surface area is 122 Å². The van der Waals surface area contributed by atoms with Crippen LogP contribution < -0.4 is 5.32 Å². The normalized spacial score (nSPS) is 40.5. The molecule has 0 saturated carbocycles. The molecule has 3 aliphatic heterocycles. The predicted octanol–water partition coefficient (Wildman–Crippen LogP) is 0.160. The van der Waals surface area contributed by atoms with Gasteiger partial charge in [-0.3, -0.25) is 4.90 Å². The molecule has 1 N–H and O–H groups in total. The number of nitrogens with zero attached hydrogens (tertiary/aromatic N) is 2. The lowest BCUT2D eigenvalue weighted by molar-refractivity contribution is -0.0898. The lowest BCUT2D eigenvalue weighted by atomic mass is 9.89. The molecule has 20 heavy (non-hydrogen) atoms. The highest BCUT2D eigenvalue weighted by atomic mass is 16.6. The molecule has 3 unspecified atom stereocenters. The van der Waals surface area contributed by atoms with E-state index >= 15 is 0 Å². The lowest BCUT2D eigenvalue weighted by Gasteiger charge is -2.41. The van der Waals surface area contributed by atoms with Crippen LogP contribution in [0.1, 0.15) is 19.3 Å². The summed E-state index contributed by atoms with van der Waals surface area (Å²) in [6.45, 7) is 7.14. The summed E-state index contributed by atoms with van der Waals surface area (Å²) in [6, 6.07) is 1.22. The summed E-state index contributed by atoms with van der Waals surface area (Å²) in [7, 11) is 4.47. The third-order valence-electron chi connectivity index (χ3n) is 5.18. The maximum Gasteiger partial charge on any atom is 0.0951 e. The van der Waals surface area contributed by atoms with E-state index in [1.807, 2.05) is 0 Å². The zero-order valence-corrected chi connectivity index (χ0v) is 12.9. The molecule has 116 valence electrons. The Kier molecular flexibility index (Phi) is 4.62. The molecule has 3 fully saturated rings. The number of rotatable bonds is 3. The zero-order chi connectivity index (χ0) is 14.0. The van der Waals surface area contributed by atoms with Crippen LogP contribution in [0, 0.1) is 0 Å². The van der Waals surface area contributed by atoms with Crippen LogP contribution in [0.5, 0.6) is 0 Å². The van der Waals surface area contributed by atoms with E-state index in [-0.39, 0.29) is 5.60 Å². The number of ether oxygens (including phenoxy) is 2. The minimum Gasteiger partial charge on any atom is -0.378 e. The molecular weight excluding hydrogens is 254 g/mol. The van der Waals surface area contributed by atoms with Crippen LogP contribution in [-0.2, 0) is 9.47 Å². The molecule has 0 amide bonds. The van der Waals surface area contributed by atoms with Crippen LogP contribution in [0.2, 0.25) is 0 Å². The van der Waals surface area contributed by atoms with Gasteiger partial charge in [0.2, 0.25) is 0 Å². The smallest absolute Gasteiger partial charge is 0.0951 e. The highest BCUT2D eigenvalue weighted by Gasteiger charge is 2.41. The first kappa shape index (κ1) is 14.7. The van der Waals surface area contributed by atoms with Crippen molar-refractivity contribution in [2.24, 2.45) is 0 Å². The van der Waals surface area contributed by atoms with Gasteiger partial charge in [0, 0.05) is 57.9 Å². The highest BCUT2D eigenvalue weighted by molar-refractivity contribution is 4.93. The van der Waals surface area contributed by atoms with Crippen molar-refractivity contribution in [1.29, 1.82) is 0 Å². The van der Waals surface area contributed by atoms with Crippen molar-refractivity contribution in [1.82, 2.24) is 15.1 Å². The number of likely N-dealkylation sites (N-methyl/N-ethyl adjacent to an activating group) is 2. The van der Waals surface area contributed by atoms with Crippen LogP contribution in [0.4, 0.5) is 0 Å². The lowest BCUT2D eigenvalue weighted by Crippen LogP contribution is -2.56. The predicted molar refractivity (Wildman–Crippen MR) is 79.1 cm³/mol. The molecule has 5 heteroatoms. The molecule has 0 aromatic carbocycles. The van der Waals surface area contributed by atoms with Gasteiger partial charge in [0.05, 0.1) is 12.2 Å². The van der Waals surface area contributed by atoms with E-state index in [1.54, 1.807) is 0 Å². The standard InChI is InChI=1S/C15H29N3O2/c1-17-5-6-18(2)14(11-17)10-16-13-3-7-20-15(9-13)4-8-19-12-15/h13-14,16H,3-12H2,1-2H3. The van der Waals surface area contributed by atoms with Crippen LogP contribution in [0.25, 0.3) is 0 Å². The Morgan fingerprint density at radius 1 is 1.25 bits per heavy atom. The molecule has 3 aliphatic rings. The zero-order valence-electron chi connectivity index (χ0n) is 12.9. The van der Waals surface area contributed by atoms with Gasteiger partial charge < -0.3 is 19.7 Å². The fourth-order valence-corrected chi connectivity index (χ4v) is 3.69. The summed E-state index contributed by atoms with van der Waals surface area (Å²) < 4.78 is 11.5. The monoisotopic (exact) mass is 283 g/mol. The molecule has 3 heterocycles. The Bertz CT molecular complexity index is 320. The van der Waals surface area contributed by atoms with Crippen LogP contribution >= 0.6 is 0 Å². The van der Waals surface area contributed by atoms with Crippen molar-refractivity contribution < 1.29 is 9.47 Å². The SMILES string of the molecule is CN1CCN(C)C(CNC2CCOC3(CCOC3)C2)C1. The molecule has 5 nitrogen and oxygen atoms in total. The number of hydrogen-bond donors (Lipinski definition) is 1. The van der Waals surface area contributed by atoms with E-state index in [0.717, 1.165) is 45.6 Å². The van der Waals surface area contributed by atoms with Gasteiger partial charge in [0.15, 0.2) is 0 Å². The highest BCUT2D eigenvalue weighted by Crippen LogP contribution is 2.32. The summed E-state index contributed by atoms with van der Waals surface area (Å²) >= 11 is 0. The summed E-state index contributed by atoms with van der Waals surface area (Å²) in [5.74, 6) is 0. The average molecular weight is 283 g/mol. The first-order valence-corrected chi connectivity index (χ1v) is 8.01. The minimum absolute atomic E-state index is 0.0190. The van der Waals surface area contributed by atoms with Crippen LogP contribution in [-0.4, -0.2) is 87.6 Å². The van der Waals surface area contributed by atoms with Crippen molar-refractivity contribution in [3.8, 4) is 0 Å². The van der Waals surface area contributed by atoms with Crippen LogP contribution in [0.15, 0.2) is 0 Å². The molecule has 0 aromatic heterocycles. The largest absolute Gasteiger partial charge is 0.378 e. The number of hydrogen-bond acceptors (Lipinski definition) is 5. The maximum absolute atomic E-state index is 6.00. The second-order valence-electron chi connectivity index (χ2n) is 6.83. The molecule has 3 rings (SSSR count). The first-order chi connectivity index (χ1) is 9.67. The van der Waals surface area contributed by atoms with Gasteiger partial charge in [-0.15, -0.1) is 0 Å². The summed E-state index contributed by atoms with van der Waals surface area (Å²) in [5, 5.41) is 3.79. The third-order valence-corrected chi connectivity index (χ3v) is 5.18. The fraction of sp³-hybridized carbons (Fsp3) is 1.00. The van der Waals surface area contributed by atoms with Crippen molar-refractivity contribution in [2.75, 3.05) is 60.1 Å². The molecule has 0 aliphatic carbocycles. The summed E-state index contributed by atoms with van der Waals surface area (Å²) in [4.78, 5) is 4.92. The third kappa shape index (κ3) is 3.34. The van der Waals surface area contributed by atoms with Crippen molar-refractivity contribution in [3.05, 3.63) is 0 Å². The van der Waals surface area contributed by atoms with E-state index in [1.165, 1.54) is 19.6 Å². The van der Waals surface area contributed by atoms with Gasteiger partial charge in [0.1, 0.15) is 0 Å². The second-order valence-corrected chi connectivity index (χ2v) is 6.83. The second kappa shape index (κ2) is 6.28. The van der Waals surface area contributed by atoms with E-state index in [0.29, 0.717) is 12.1 Å². The molecule has 0 aromatic rings. The topological polar surface area (TPSA) is 37.0 Å². The molecule has 1 spiro atoms. The average Bonchev–Trinajstić information content (AvgIpc) is 2.88. The van der Waals surface area contributed by atoms with E-state index < -0.39 is 0 Å². The Hall–Kier alpha value is -0.200. The molecule has 0 bridgehead atoms. The van der Waals surface area contributed by atoms with Crippen molar-refractivity contribution in [3.63, 3.8) is 0 Å². The number of nitrogens with one attached hydrogen (secondary N) is 1. The Morgan fingerprint density at radius 2 is 2.15 bits per heavy atom. The quantitative estimate of drug-likeness (QED) is 0.798. The van der Waals surface area contributed by atoms with E-state index in [9.17, 15) is 0 Å². The minimum atomic E-state index is 0.0190. The molecule has 0 radical (unpaired) electrons. The molecular formula is C15H29N3O2. The Morgan fingerprint density at radius 3 is 2.95 bits per heavy atom. The molecule has 3 saturated heterocycles. The summed E-state index contributed by atoms with van der Waals surface area (Å²) in [5.41, 5.74) is 0.0190. The van der Waals surface area contributed by atoms with Crippen LogP contribution in [0.3, 0.4) is 0 Å². The molecule has 3 atom stereocenters. The number of piperazine rings is 1. The maximum atomic E-state index is 6.00. The van der Waals surface area contributed by atoms with Crippen molar-refractivity contribution in [2.45, 2.75) is 36.9 Å². The van der Waals surface area contributed by atoms with Gasteiger partial charge in [-0.2, -0.15) is 0 Å². The Balaban J connectivity index is 1.48.